The van der Waals surface area contributed by atoms with Crippen molar-refractivity contribution in [2.75, 3.05) is 19.7 Å². The van der Waals surface area contributed by atoms with Gasteiger partial charge in [-0.25, -0.2) is 0 Å². The first kappa shape index (κ1) is 23.0. The van der Waals surface area contributed by atoms with Crippen molar-refractivity contribution in [3.8, 4) is 0 Å². The molecule has 1 saturated heterocycles. The third-order valence-electron chi connectivity index (χ3n) is 5.32. The maximum absolute atomic E-state index is 12.1. The molecule has 0 aromatic rings. The molecular formula is C22H41NO3. The second-order valence-electron chi connectivity index (χ2n) is 7.80. The molecule has 0 spiro atoms. The Morgan fingerprint density at radius 1 is 0.885 bits per heavy atom. The summed E-state index contributed by atoms with van der Waals surface area (Å²) in [5.74, 6) is -0.297. The maximum atomic E-state index is 12.1. The highest BCUT2D eigenvalue weighted by Crippen LogP contribution is 2.20. The van der Waals surface area contributed by atoms with Gasteiger partial charge >= 0.3 is 5.97 Å². The number of amides is 1. The quantitative estimate of drug-likeness (QED) is 0.268. The third kappa shape index (κ3) is 10.2. The van der Waals surface area contributed by atoms with Crippen LogP contribution in [0.4, 0.5) is 0 Å². The van der Waals surface area contributed by atoms with E-state index in [4.69, 9.17) is 4.74 Å². The van der Waals surface area contributed by atoms with Crippen LogP contribution in [0.1, 0.15) is 104 Å². The number of nitrogens with zero attached hydrogens (tertiary/aromatic N) is 1. The van der Waals surface area contributed by atoms with Crippen molar-refractivity contribution in [2.45, 2.75) is 104 Å². The molecule has 1 heterocycles. The monoisotopic (exact) mass is 367 g/mol. The average Bonchev–Trinajstić information content (AvgIpc) is 3.01. The van der Waals surface area contributed by atoms with Gasteiger partial charge in [0.2, 0.25) is 5.91 Å². The minimum absolute atomic E-state index is 0.123. The van der Waals surface area contributed by atoms with Crippen LogP contribution in [-0.4, -0.2) is 36.5 Å². The van der Waals surface area contributed by atoms with E-state index >= 15 is 0 Å². The lowest BCUT2D eigenvalue weighted by Gasteiger charge is -2.16. The van der Waals surface area contributed by atoms with Gasteiger partial charge < -0.3 is 9.64 Å². The van der Waals surface area contributed by atoms with Crippen molar-refractivity contribution in [3.63, 3.8) is 0 Å². The molecule has 1 fully saturated rings. The van der Waals surface area contributed by atoms with Gasteiger partial charge in [-0.15, -0.1) is 0 Å². The molecule has 1 unspecified atom stereocenters. The smallest absolute Gasteiger partial charge is 0.311 e. The average molecular weight is 368 g/mol. The fourth-order valence-electron chi connectivity index (χ4n) is 3.58. The summed E-state index contributed by atoms with van der Waals surface area (Å²) in [4.78, 5) is 26.0. The summed E-state index contributed by atoms with van der Waals surface area (Å²) >= 11 is 0. The minimum Gasteiger partial charge on any atom is -0.465 e. The number of carbonyl (C=O) groups is 2. The Balaban J connectivity index is 2.04. The zero-order chi connectivity index (χ0) is 19.0. The van der Waals surface area contributed by atoms with E-state index in [1.807, 2.05) is 4.90 Å². The minimum atomic E-state index is -0.243. The standard InChI is InChI=1S/C22H41NO3/c1-3-5-7-9-10-11-12-13-14-16-23-19-20(18-21(23)24)22(25)26-17-15-8-6-4-2/h20H,3-19H2,1-2H3. The first-order chi connectivity index (χ1) is 12.7. The number of unbranched alkanes of at least 4 members (excludes halogenated alkanes) is 11. The molecule has 4 nitrogen and oxygen atoms in total. The van der Waals surface area contributed by atoms with Crippen LogP contribution in [0.5, 0.6) is 0 Å². The Bertz CT molecular complexity index is 384. The van der Waals surface area contributed by atoms with Gasteiger partial charge in [0.05, 0.1) is 12.5 Å². The van der Waals surface area contributed by atoms with Crippen molar-refractivity contribution >= 4 is 11.9 Å². The highest BCUT2D eigenvalue weighted by atomic mass is 16.5. The molecule has 0 radical (unpaired) electrons. The number of carbonyl (C=O) groups excluding carboxylic acids is 2. The van der Waals surface area contributed by atoms with Gasteiger partial charge in [-0.2, -0.15) is 0 Å². The Kier molecular flexibility index (Phi) is 13.3. The van der Waals surface area contributed by atoms with Gasteiger partial charge in [0.1, 0.15) is 0 Å². The van der Waals surface area contributed by atoms with Crippen molar-refractivity contribution in [2.24, 2.45) is 5.92 Å². The van der Waals surface area contributed by atoms with Crippen LogP contribution in [0.3, 0.4) is 0 Å². The molecule has 4 heteroatoms. The fourth-order valence-corrected chi connectivity index (χ4v) is 3.58. The summed E-state index contributed by atoms with van der Waals surface area (Å²) in [5, 5.41) is 0. The van der Waals surface area contributed by atoms with Crippen LogP contribution >= 0.6 is 0 Å². The Hall–Kier alpha value is -1.06. The Morgan fingerprint density at radius 3 is 2.04 bits per heavy atom. The lowest BCUT2D eigenvalue weighted by Crippen LogP contribution is -2.27. The molecule has 0 aliphatic carbocycles. The van der Waals surface area contributed by atoms with Gasteiger partial charge in [-0.1, -0.05) is 84.5 Å². The molecule has 0 N–H and O–H groups in total. The number of hydrogen-bond acceptors (Lipinski definition) is 3. The zero-order valence-electron chi connectivity index (χ0n) is 17.3. The van der Waals surface area contributed by atoms with E-state index in [1.54, 1.807) is 0 Å². The summed E-state index contributed by atoms with van der Waals surface area (Å²) in [7, 11) is 0. The second kappa shape index (κ2) is 15.0. The van der Waals surface area contributed by atoms with E-state index in [0.717, 1.165) is 25.8 Å². The summed E-state index contributed by atoms with van der Waals surface area (Å²) in [6.45, 7) is 6.27. The number of likely N-dealkylation sites (tertiary alicyclic amines) is 1. The lowest BCUT2D eigenvalue weighted by atomic mass is 10.1. The Morgan fingerprint density at radius 2 is 1.42 bits per heavy atom. The van der Waals surface area contributed by atoms with Crippen LogP contribution in [-0.2, 0) is 14.3 Å². The predicted molar refractivity (Wildman–Crippen MR) is 107 cm³/mol. The molecule has 26 heavy (non-hydrogen) atoms. The van der Waals surface area contributed by atoms with Crippen LogP contribution in [0, 0.1) is 5.92 Å². The molecule has 152 valence electrons. The van der Waals surface area contributed by atoms with Gasteiger partial charge in [0.15, 0.2) is 0 Å². The molecule has 0 aromatic carbocycles. The maximum Gasteiger partial charge on any atom is 0.311 e. The molecule has 1 aliphatic rings. The highest BCUT2D eigenvalue weighted by molar-refractivity contribution is 5.86. The topological polar surface area (TPSA) is 46.6 Å². The van der Waals surface area contributed by atoms with E-state index in [0.29, 0.717) is 19.6 Å². The van der Waals surface area contributed by atoms with Crippen molar-refractivity contribution in [1.82, 2.24) is 4.90 Å². The van der Waals surface area contributed by atoms with E-state index in [9.17, 15) is 9.59 Å². The van der Waals surface area contributed by atoms with Gasteiger partial charge in [0, 0.05) is 19.5 Å². The summed E-state index contributed by atoms with van der Waals surface area (Å²) in [5.41, 5.74) is 0. The van der Waals surface area contributed by atoms with Gasteiger partial charge in [-0.3, -0.25) is 9.59 Å². The molecule has 1 rings (SSSR count). The Labute approximate surface area is 161 Å². The third-order valence-corrected chi connectivity index (χ3v) is 5.32. The molecule has 1 amide bonds. The zero-order valence-corrected chi connectivity index (χ0v) is 17.3. The first-order valence-corrected chi connectivity index (χ1v) is 11.1. The predicted octanol–water partition coefficient (Wildman–Crippen LogP) is 5.49. The van der Waals surface area contributed by atoms with Crippen LogP contribution in [0.2, 0.25) is 0 Å². The van der Waals surface area contributed by atoms with E-state index < -0.39 is 0 Å². The van der Waals surface area contributed by atoms with Crippen LogP contribution < -0.4 is 0 Å². The largest absolute Gasteiger partial charge is 0.465 e. The number of esters is 1. The second-order valence-corrected chi connectivity index (χ2v) is 7.80. The molecular weight excluding hydrogens is 326 g/mol. The van der Waals surface area contributed by atoms with Crippen molar-refractivity contribution in [1.29, 1.82) is 0 Å². The van der Waals surface area contributed by atoms with Crippen molar-refractivity contribution in [3.05, 3.63) is 0 Å². The summed E-state index contributed by atoms with van der Waals surface area (Å²) in [6, 6.07) is 0. The number of hydrogen-bond donors (Lipinski definition) is 0. The normalized spacial score (nSPS) is 17.1. The van der Waals surface area contributed by atoms with Crippen LogP contribution in [0.15, 0.2) is 0 Å². The molecule has 1 atom stereocenters. The lowest BCUT2D eigenvalue weighted by molar-refractivity contribution is -0.148. The molecule has 1 aliphatic heterocycles. The molecule has 0 bridgehead atoms. The SMILES string of the molecule is CCCCCCCCCCCN1CC(C(=O)OCCCCCC)CC1=O. The highest BCUT2D eigenvalue weighted by Gasteiger charge is 2.34. The summed E-state index contributed by atoms with van der Waals surface area (Å²) < 4.78 is 5.35. The molecule has 0 saturated carbocycles. The van der Waals surface area contributed by atoms with E-state index in [1.165, 1.54) is 64.2 Å². The van der Waals surface area contributed by atoms with Crippen LogP contribution in [0.25, 0.3) is 0 Å². The van der Waals surface area contributed by atoms with Crippen molar-refractivity contribution < 1.29 is 14.3 Å². The van der Waals surface area contributed by atoms with Gasteiger partial charge in [0.25, 0.3) is 0 Å². The number of ether oxygens (including phenoxy) is 1. The molecule has 0 aromatic heterocycles. The fraction of sp³-hybridized carbons (Fsp3) is 0.909. The first-order valence-electron chi connectivity index (χ1n) is 11.1. The number of rotatable bonds is 16. The van der Waals surface area contributed by atoms with E-state index in [2.05, 4.69) is 13.8 Å². The van der Waals surface area contributed by atoms with Gasteiger partial charge in [-0.05, 0) is 12.8 Å². The van der Waals surface area contributed by atoms with E-state index in [-0.39, 0.29) is 17.8 Å². The summed E-state index contributed by atoms with van der Waals surface area (Å²) in [6.07, 6.45) is 16.3.